The van der Waals surface area contributed by atoms with Crippen LogP contribution in [-0.2, 0) is 13.0 Å². The van der Waals surface area contributed by atoms with Gasteiger partial charge in [-0.25, -0.2) is 0 Å². The van der Waals surface area contributed by atoms with Crippen molar-refractivity contribution in [3.05, 3.63) is 53.6 Å². The van der Waals surface area contributed by atoms with Gasteiger partial charge in [-0.1, -0.05) is 24.3 Å². The minimum Gasteiger partial charge on any atom is -0.493 e. The van der Waals surface area contributed by atoms with Gasteiger partial charge in [0.05, 0.1) is 7.11 Å². The maximum Gasteiger partial charge on any atom is 0.162 e. The fraction of sp³-hybridized carbons (Fsp3) is 0.333. The molecule has 4 heteroatoms. The largest absolute Gasteiger partial charge is 0.493 e. The number of hydrogen-bond acceptors (Lipinski definition) is 4. The van der Waals surface area contributed by atoms with Gasteiger partial charge in [0.1, 0.15) is 6.61 Å². The average Bonchev–Trinajstić information content (AvgIpc) is 2.56. The molecular formula is C18H22N2O2. The predicted octanol–water partition coefficient (Wildman–Crippen LogP) is 2.71. The first kappa shape index (κ1) is 14.7. The second kappa shape index (κ2) is 6.71. The molecule has 0 aromatic heterocycles. The quantitative estimate of drug-likeness (QED) is 0.862. The van der Waals surface area contributed by atoms with E-state index in [1.807, 2.05) is 12.1 Å². The first-order valence-corrected chi connectivity index (χ1v) is 7.62. The fourth-order valence-electron chi connectivity index (χ4n) is 2.83. The van der Waals surface area contributed by atoms with Crippen LogP contribution in [0, 0.1) is 0 Å². The van der Waals surface area contributed by atoms with Gasteiger partial charge in [-0.3, -0.25) is 4.90 Å². The van der Waals surface area contributed by atoms with Crippen LogP contribution in [0.25, 0.3) is 0 Å². The smallest absolute Gasteiger partial charge is 0.162 e. The Bertz CT molecular complexity index is 643. The highest BCUT2D eigenvalue weighted by Gasteiger charge is 2.15. The Balaban J connectivity index is 1.54. The molecule has 2 aromatic carbocycles. The molecule has 3 rings (SSSR count). The van der Waals surface area contributed by atoms with Crippen LogP contribution in [0.15, 0.2) is 42.5 Å². The summed E-state index contributed by atoms with van der Waals surface area (Å²) in [6.07, 6.45) is 1.11. The van der Waals surface area contributed by atoms with Crippen molar-refractivity contribution < 1.29 is 9.47 Å². The normalized spacial score (nSPS) is 14.4. The zero-order valence-electron chi connectivity index (χ0n) is 12.9. The molecule has 0 fully saturated rings. The molecule has 1 aliphatic rings. The highest BCUT2D eigenvalue weighted by molar-refractivity contribution is 5.51. The summed E-state index contributed by atoms with van der Waals surface area (Å²) in [6, 6.07) is 14.1. The van der Waals surface area contributed by atoms with E-state index in [9.17, 15) is 0 Å². The summed E-state index contributed by atoms with van der Waals surface area (Å²) in [5.41, 5.74) is 9.33. The Labute approximate surface area is 131 Å². The van der Waals surface area contributed by atoms with Gasteiger partial charge in [-0.2, -0.15) is 0 Å². The van der Waals surface area contributed by atoms with Crippen molar-refractivity contribution in [2.75, 3.05) is 32.5 Å². The van der Waals surface area contributed by atoms with Crippen LogP contribution >= 0.6 is 0 Å². The number of nitrogen functional groups attached to an aromatic ring is 1. The van der Waals surface area contributed by atoms with Crippen molar-refractivity contribution in [2.45, 2.75) is 13.0 Å². The van der Waals surface area contributed by atoms with Crippen molar-refractivity contribution in [3.63, 3.8) is 0 Å². The van der Waals surface area contributed by atoms with Crippen molar-refractivity contribution in [1.82, 2.24) is 4.90 Å². The van der Waals surface area contributed by atoms with E-state index in [1.54, 1.807) is 13.2 Å². The summed E-state index contributed by atoms with van der Waals surface area (Å²) in [7, 11) is 1.63. The number of methoxy groups -OCH3 is 1. The maximum absolute atomic E-state index is 5.85. The average molecular weight is 298 g/mol. The number of fused-ring (bicyclic) bond motifs is 1. The highest BCUT2D eigenvalue weighted by atomic mass is 16.5. The van der Waals surface area contributed by atoms with E-state index in [2.05, 4.69) is 29.2 Å². The van der Waals surface area contributed by atoms with Crippen LogP contribution in [0.3, 0.4) is 0 Å². The van der Waals surface area contributed by atoms with Gasteiger partial charge in [0.15, 0.2) is 11.5 Å². The maximum atomic E-state index is 5.85. The number of nitrogens with zero attached hydrogens (tertiary/aromatic N) is 1. The molecule has 0 amide bonds. The third kappa shape index (κ3) is 3.34. The summed E-state index contributed by atoms with van der Waals surface area (Å²) in [5.74, 6) is 1.43. The lowest BCUT2D eigenvalue weighted by Gasteiger charge is -2.28. The number of ether oxygens (including phenoxy) is 2. The van der Waals surface area contributed by atoms with Crippen LogP contribution < -0.4 is 15.2 Å². The molecule has 0 aliphatic carbocycles. The molecule has 0 saturated carbocycles. The molecule has 1 aliphatic heterocycles. The van der Waals surface area contributed by atoms with Gasteiger partial charge in [-0.15, -0.1) is 0 Å². The van der Waals surface area contributed by atoms with Gasteiger partial charge in [-0.05, 0) is 29.7 Å². The van der Waals surface area contributed by atoms with Crippen molar-refractivity contribution >= 4 is 5.69 Å². The summed E-state index contributed by atoms with van der Waals surface area (Å²) in [6.45, 7) is 3.63. The standard InChI is InChI=1S/C18H22N2O2/c1-21-18-12-16(19)6-7-17(18)22-11-10-20-9-8-14-4-2-3-5-15(14)13-20/h2-7,12H,8-11,13,19H2,1H3. The van der Waals surface area contributed by atoms with Crippen LogP contribution in [0.4, 0.5) is 5.69 Å². The van der Waals surface area contributed by atoms with Crippen LogP contribution in [0.5, 0.6) is 11.5 Å². The van der Waals surface area contributed by atoms with E-state index in [-0.39, 0.29) is 0 Å². The number of benzene rings is 2. The highest BCUT2D eigenvalue weighted by Crippen LogP contribution is 2.29. The van der Waals surface area contributed by atoms with Gasteiger partial charge < -0.3 is 15.2 Å². The Morgan fingerprint density at radius 2 is 1.91 bits per heavy atom. The van der Waals surface area contributed by atoms with E-state index in [4.69, 9.17) is 15.2 Å². The van der Waals surface area contributed by atoms with E-state index in [1.165, 1.54) is 11.1 Å². The first-order valence-electron chi connectivity index (χ1n) is 7.62. The molecule has 0 spiro atoms. The molecule has 0 bridgehead atoms. The van der Waals surface area contributed by atoms with Crippen molar-refractivity contribution in [1.29, 1.82) is 0 Å². The molecule has 22 heavy (non-hydrogen) atoms. The third-order valence-electron chi connectivity index (χ3n) is 4.06. The van der Waals surface area contributed by atoms with Crippen LogP contribution in [0.1, 0.15) is 11.1 Å². The molecule has 0 saturated heterocycles. The summed E-state index contributed by atoms with van der Waals surface area (Å²) in [4.78, 5) is 2.42. The van der Waals surface area contributed by atoms with E-state index >= 15 is 0 Å². The summed E-state index contributed by atoms with van der Waals surface area (Å²) < 4.78 is 11.1. The van der Waals surface area contributed by atoms with Crippen LogP contribution in [-0.4, -0.2) is 31.7 Å². The number of hydrogen-bond donors (Lipinski definition) is 1. The second-order valence-corrected chi connectivity index (χ2v) is 5.55. The molecule has 1 heterocycles. The van der Waals surface area contributed by atoms with Gasteiger partial charge in [0.2, 0.25) is 0 Å². The number of rotatable bonds is 5. The SMILES string of the molecule is COc1cc(N)ccc1OCCN1CCc2ccccc2C1. The van der Waals surface area contributed by atoms with Gasteiger partial charge in [0.25, 0.3) is 0 Å². The summed E-state index contributed by atoms with van der Waals surface area (Å²) >= 11 is 0. The first-order chi connectivity index (χ1) is 10.8. The zero-order valence-corrected chi connectivity index (χ0v) is 12.9. The monoisotopic (exact) mass is 298 g/mol. The predicted molar refractivity (Wildman–Crippen MR) is 88.3 cm³/mol. The third-order valence-corrected chi connectivity index (χ3v) is 4.06. The van der Waals surface area contributed by atoms with Crippen molar-refractivity contribution in [3.8, 4) is 11.5 Å². The van der Waals surface area contributed by atoms with E-state index in [0.717, 1.165) is 31.8 Å². The minimum atomic E-state index is 0.641. The fourth-order valence-corrected chi connectivity index (χ4v) is 2.83. The van der Waals surface area contributed by atoms with E-state index in [0.29, 0.717) is 18.0 Å². The Morgan fingerprint density at radius 1 is 1.09 bits per heavy atom. The van der Waals surface area contributed by atoms with Crippen molar-refractivity contribution in [2.24, 2.45) is 0 Å². The second-order valence-electron chi connectivity index (χ2n) is 5.55. The topological polar surface area (TPSA) is 47.7 Å². The lowest BCUT2D eigenvalue weighted by molar-refractivity contribution is 0.192. The Hall–Kier alpha value is -2.20. The minimum absolute atomic E-state index is 0.641. The number of nitrogens with two attached hydrogens (primary N) is 1. The summed E-state index contributed by atoms with van der Waals surface area (Å²) in [5, 5.41) is 0. The van der Waals surface area contributed by atoms with E-state index < -0.39 is 0 Å². The van der Waals surface area contributed by atoms with Gasteiger partial charge >= 0.3 is 0 Å². The number of anilines is 1. The lowest BCUT2D eigenvalue weighted by atomic mass is 10.0. The lowest BCUT2D eigenvalue weighted by Crippen LogP contribution is -2.33. The zero-order chi connectivity index (χ0) is 15.4. The molecule has 0 radical (unpaired) electrons. The molecule has 0 unspecified atom stereocenters. The van der Waals surface area contributed by atoms with Gasteiger partial charge in [0, 0.05) is 31.4 Å². The molecule has 2 aromatic rings. The van der Waals surface area contributed by atoms with Crippen LogP contribution in [0.2, 0.25) is 0 Å². The molecule has 2 N–H and O–H groups in total. The molecular weight excluding hydrogens is 276 g/mol. The molecule has 4 nitrogen and oxygen atoms in total. The molecule has 0 atom stereocenters. The Kier molecular flexibility index (Phi) is 4.49. The Morgan fingerprint density at radius 3 is 2.73 bits per heavy atom. The molecule has 116 valence electrons.